The van der Waals surface area contributed by atoms with Gasteiger partial charge in [0.2, 0.25) is 5.91 Å². The van der Waals surface area contributed by atoms with Crippen molar-refractivity contribution >= 4 is 23.1 Å². The molecule has 7 heteroatoms. The van der Waals surface area contributed by atoms with Crippen LogP contribution in [0.4, 0.5) is 10.1 Å². The van der Waals surface area contributed by atoms with Crippen molar-refractivity contribution in [1.29, 1.82) is 0 Å². The van der Waals surface area contributed by atoms with Crippen LogP contribution in [0.3, 0.4) is 0 Å². The van der Waals surface area contributed by atoms with Crippen LogP contribution >= 0.6 is 0 Å². The van der Waals surface area contributed by atoms with Crippen LogP contribution in [0.25, 0.3) is 5.57 Å². The summed E-state index contributed by atoms with van der Waals surface area (Å²) in [6, 6.07) is 24.5. The first-order chi connectivity index (χ1) is 19.2. The predicted octanol–water partition coefficient (Wildman–Crippen LogP) is 6.70. The molecule has 0 atom stereocenters. The van der Waals surface area contributed by atoms with E-state index < -0.39 is 17.6 Å². The minimum Gasteiger partial charge on any atom is -0.488 e. The van der Waals surface area contributed by atoms with E-state index in [0.29, 0.717) is 28.1 Å². The van der Waals surface area contributed by atoms with Crippen LogP contribution in [0, 0.1) is 12.7 Å². The van der Waals surface area contributed by atoms with Gasteiger partial charge in [0, 0.05) is 23.9 Å². The largest absolute Gasteiger partial charge is 0.488 e. The third kappa shape index (κ3) is 6.04. The normalized spacial score (nSPS) is 10.6. The van der Waals surface area contributed by atoms with Crippen molar-refractivity contribution in [2.75, 3.05) is 11.9 Å². The molecule has 2 amide bonds. The van der Waals surface area contributed by atoms with E-state index in [4.69, 9.17) is 15.2 Å². The molecule has 4 rings (SSSR count). The molecular weight excluding hydrogens is 507 g/mol. The number of carbonyl (C=O) groups is 2. The van der Waals surface area contributed by atoms with Gasteiger partial charge in [0.15, 0.2) is 0 Å². The smallest absolute Gasteiger partial charge is 0.262 e. The Hall–Kier alpha value is -4.91. The Morgan fingerprint density at radius 2 is 1.27 bits per heavy atom. The Labute approximate surface area is 233 Å². The average Bonchev–Trinajstić information content (AvgIpc) is 2.95. The summed E-state index contributed by atoms with van der Waals surface area (Å²) in [6.45, 7) is 7.90. The molecule has 6 nitrogen and oxygen atoms in total. The Morgan fingerprint density at radius 1 is 0.800 bits per heavy atom. The molecule has 0 aliphatic carbocycles. The molecule has 0 saturated heterocycles. The number of amides is 2. The number of rotatable bonds is 10. The van der Waals surface area contributed by atoms with Gasteiger partial charge in [-0.3, -0.25) is 9.59 Å². The Bertz CT molecular complexity index is 1530. The minimum absolute atomic E-state index is 0.0159. The third-order valence-electron chi connectivity index (χ3n) is 6.49. The summed E-state index contributed by atoms with van der Waals surface area (Å²) in [5.74, 6) is -1.29. The zero-order valence-corrected chi connectivity index (χ0v) is 22.7. The zero-order valence-electron chi connectivity index (χ0n) is 22.7. The van der Waals surface area contributed by atoms with Gasteiger partial charge in [-0.15, -0.1) is 0 Å². The maximum atomic E-state index is 14.1. The van der Waals surface area contributed by atoms with E-state index >= 15 is 0 Å². The number of anilines is 1. The molecule has 0 radical (unpaired) electrons. The number of ether oxygens (including phenoxy) is 2. The molecule has 0 aromatic heterocycles. The lowest BCUT2D eigenvalue weighted by atomic mass is 9.90. The van der Waals surface area contributed by atoms with Crippen LogP contribution in [0.2, 0.25) is 0 Å². The number of nitrogens with two attached hydrogens (primary N) is 1. The van der Waals surface area contributed by atoms with Gasteiger partial charge in [-0.25, -0.2) is 4.39 Å². The molecule has 0 unspecified atom stereocenters. The van der Waals surface area contributed by atoms with Crippen LogP contribution in [0.1, 0.15) is 49.9 Å². The first kappa shape index (κ1) is 28.1. The second-order valence-corrected chi connectivity index (χ2v) is 9.44. The topological polar surface area (TPSA) is 81.9 Å². The van der Waals surface area contributed by atoms with E-state index in [2.05, 4.69) is 6.58 Å². The number of nitrogens with zero attached hydrogens (tertiary/aromatic N) is 1. The Balaban J connectivity index is 1.92. The van der Waals surface area contributed by atoms with E-state index in [-0.39, 0.29) is 30.1 Å². The molecule has 0 heterocycles. The molecule has 204 valence electrons. The highest BCUT2D eigenvalue weighted by atomic mass is 19.1. The number of hydrogen-bond donors (Lipinski definition) is 1. The predicted molar refractivity (Wildman–Crippen MR) is 155 cm³/mol. The molecule has 0 bridgehead atoms. The monoisotopic (exact) mass is 538 g/mol. The highest BCUT2D eigenvalue weighted by Crippen LogP contribution is 2.43. The van der Waals surface area contributed by atoms with E-state index in [9.17, 15) is 14.0 Å². The lowest BCUT2D eigenvalue weighted by Crippen LogP contribution is -2.31. The SMILES string of the molecule is C=C(C)c1c(OCc2ccccc2)c(C)c(OCc2ccccc2)c(C(=O)N(C)c2ccc(F)cc2)c1C(N)=O. The minimum atomic E-state index is -0.831. The lowest BCUT2D eigenvalue weighted by Gasteiger charge is -2.26. The summed E-state index contributed by atoms with van der Waals surface area (Å²) < 4.78 is 26.1. The van der Waals surface area contributed by atoms with Gasteiger partial charge in [0.05, 0.1) is 11.1 Å². The summed E-state index contributed by atoms with van der Waals surface area (Å²) >= 11 is 0. The van der Waals surface area contributed by atoms with Crippen LogP contribution in [0.5, 0.6) is 11.5 Å². The van der Waals surface area contributed by atoms with Crippen molar-refractivity contribution in [3.8, 4) is 11.5 Å². The fourth-order valence-corrected chi connectivity index (χ4v) is 4.46. The van der Waals surface area contributed by atoms with Crippen molar-refractivity contribution in [1.82, 2.24) is 0 Å². The molecule has 40 heavy (non-hydrogen) atoms. The molecule has 4 aromatic rings. The van der Waals surface area contributed by atoms with Crippen molar-refractivity contribution in [2.45, 2.75) is 27.1 Å². The van der Waals surface area contributed by atoms with Gasteiger partial charge in [-0.1, -0.05) is 67.2 Å². The van der Waals surface area contributed by atoms with Gasteiger partial charge in [0.25, 0.3) is 5.91 Å². The lowest BCUT2D eigenvalue weighted by molar-refractivity contribution is 0.0958. The van der Waals surface area contributed by atoms with E-state index in [0.717, 1.165) is 11.1 Å². The quantitative estimate of drug-likeness (QED) is 0.244. The van der Waals surface area contributed by atoms with Crippen molar-refractivity contribution in [3.63, 3.8) is 0 Å². The van der Waals surface area contributed by atoms with E-state index in [1.54, 1.807) is 13.8 Å². The summed E-state index contributed by atoms with van der Waals surface area (Å²) in [4.78, 5) is 28.5. The fourth-order valence-electron chi connectivity index (χ4n) is 4.46. The van der Waals surface area contributed by atoms with E-state index in [1.165, 1.54) is 36.2 Å². The highest BCUT2D eigenvalue weighted by molar-refractivity contribution is 6.17. The standard InChI is InChI=1S/C33H31FN2O4/c1-21(2)27-28(32(35)37)29(33(38)36(4)26-17-15-25(34)16-18-26)31(40-20-24-13-9-6-10-14-24)22(3)30(27)39-19-23-11-7-5-8-12-23/h5-18H,1,19-20H2,2-4H3,(H2,35,37). The number of hydrogen-bond acceptors (Lipinski definition) is 4. The number of primary amides is 1. The van der Waals surface area contributed by atoms with Gasteiger partial charge in [-0.05, 0) is 54.8 Å². The zero-order chi connectivity index (χ0) is 28.8. The number of benzene rings is 4. The first-order valence-electron chi connectivity index (χ1n) is 12.7. The van der Waals surface area contributed by atoms with E-state index in [1.807, 2.05) is 60.7 Å². The van der Waals surface area contributed by atoms with Gasteiger partial charge < -0.3 is 20.1 Å². The van der Waals surface area contributed by atoms with Gasteiger partial charge in [-0.2, -0.15) is 0 Å². The molecule has 0 saturated carbocycles. The van der Waals surface area contributed by atoms with Crippen LogP contribution in [-0.2, 0) is 13.2 Å². The number of allylic oxidation sites excluding steroid dienone is 1. The van der Waals surface area contributed by atoms with Crippen LogP contribution in [0.15, 0.2) is 91.5 Å². The maximum Gasteiger partial charge on any atom is 0.262 e. The maximum absolute atomic E-state index is 14.1. The van der Waals surface area contributed by atoms with Crippen LogP contribution < -0.4 is 20.1 Å². The van der Waals surface area contributed by atoms with Crippen molar-refractivity contribution in [3.05, 3.63) is 131 Å². The van der Waals surface area contributed by atoms with Crippen molar-refractivity contribution in [2.24, 2.45) is 5.73 Å². The molecule has 4 aromatic carbocycles. The van der Waals surface area contributed by atoms with Gasteiger partial charge >= 0.3 is 0 Å². The van der Waals surface area contributed by atoms with Gasteiger partial charge in [0.1, 0.15) is 30.5 Å². The summed E-state index contributed by atoms with van der Waals surface area (Å²) in [6.07, 6.45) is 0. The average molecular weight is 539 g/mol. The number of halogens is 1. The Kier molecular flexibility index (Phi) is 8.64. The number of carbonyl (C=O) groups excluding carboxylic acids is 2. The van der Waals surface area contributed by atoms with Crippen LogP contribution in [-0.4, -0.2) is 18.9 Å². The van der Waals surface area contributed by atoms with Crippen molar-refractivity contribution < 1.29 is 23.5 Å². The fraction of sp³-hybridized carbons (Fsp3) is 0.152. The molecule has 2 N–H and O–H groups in total. The summed E-state index contributed by atoms with van der Waals surface area (Å²) in [5, 5.41) is 0. The highest BCUT2D eigenvalue weighted by Gasteiger charge is 2.33. The molecular formula is C33H31FN2O4. The third-order valence-corrected chi connectivity index (χ3v) is 6.49. The summed E-state index contributed by atoms with van der Waals surface area (Å²) in [7, 11) is 1.54. The second kappa shape index (κ2) is 12.3. The first-order valence-corrected chi connectivity index (χ1v) is 12.7. The molecule has 0 fully saturated rings. The second-order valence-electron chi connectivity index (χ2n) is 9.44. The molecule has 0 spiro atoms. The summed E-state index contributed by atoms with van der Waals surface area (Å²) in [5.41, 5.74) is 9.43. The molecule has 0 aliphatic heterocycles. The molecule has 0 aliphatic rings. The Morgan fingerprint density at radius 3 is 1.73 bits per heavy atom.